The molecular formula is C27H22N2O3S2. The maximum atomic E-state index is 13.8. The molecular weight excluding hydrogens is 464 g/mol. The van der Waals surface area contributed by atoms with Crippen LogP contribution in [0, 0.1) is 0 Å². The van der Waals surface area contributed by atoms with Crippen LogP contribution in [0.5, 0.6) is 11.5 Å². The van der Waals surface area contributed by atoms with E-state index in [9.17, 15) is 4.79 Å². The third-order valence-corrected chi connectivity index (χ3v) is 8.32. The maximum Gasteiger partial charge on any atom is 0.271 e. The quantitative estimate of drug-likeness (QED) is 0.430. The average molecular weight is 487 g/mol. The molecule has 2 aliphatic rings. The second kappa shape index (κ2) is 8.42. The van der Waals surface area contributed by atoms with Gasteiger partial charge in [0.2, 0.25) is 0 Å². The van der Waals surface area contributed by atoms with Gasteiger partial charge in [-0.2, -0.15) is 0 Å². The van der Waals surface area contributed by atoms with E-state index in [0.717, 1.165) is 33.8 Å². The number of rotatable bonds is 4. The largest absolute Gasteiger partial charge is 0.497 e. The van der Waals surface area contributed by atoms with Crippen molar-refractivity contribution in [3.63, 3.8) is 0 Å². The van der Waals surface area contributed by atoms with Crippen LogP contribution in [0.1, 0.15) is 34.0 Å². The topological polar surface area (TPSA) is 52.8 Å². The molecule has 0 bridgehead atoms. The third kappa shape index (κ3) is 3.35. The molecule has 34 heavy (non-hydrogen) atoms. The fourth-order valence-electron chi connectivity index (χ4n) is 4.80. The van der Waals surface area contributed by atoms with E-state index in [-0.39, 0.29) is 11.6 Å². The predicted octanol–water partition coefficient (Wildman–Crippen LogP) is 4.40. The molecule has 170 valence electrons. The Kier molecular flexibility index (Phi) is 5.23. The van der Waals surface area contributed by atoms with Crippen LogP contribution in [0.3, 0.4) is 0 Å². The number of hydrogen-bond acceptors (Lipinski definition) is 6. The van der Waals surface area contributed by atoms with E-state index in [0.29, 0.717) is 16.0 Å². The van der Waals surface area contributed by atoms with Crippen LogP contribution in [-0.2, 0) is 6.42 Å². The molecule has 0 saturated carbocycles. The lowest BCUT2D eigenvalue weighted by atomic mass is 9.85. The van der Waals surface area contributed by atoms with Crippen molar-refractivity contribution in [3.05, 3.63) is 107 Å². The number of allylic oxidation sites excluding steroid dienone is 1. The Morgan fingerprint density at radius 3 is 2.74 bits per heavy atom. The van der Waals surface area contributed by atoms with Crippen molar-refractivity contribution < 1.29 is 9.47 Å². The molecule has 1 atom stereocenters. The third-order valence-electron chi connectivity index (χ3n) is 6.41. The average Bonchev–Trinajstić information content (AvgIpc) is 3.51. The molecule has 4 aromatic rings. The van der Waals surface area contributed by atoms with E-state index in [1.54, 1.807) is 25.6 Å². The molecule has 0 fully saturated rings. The minimum Gasteiger partial charge on any atom is -0.497 e. The summed E-state index contributed by atoms with van der Waals surface area (Å²) in [5.41, 5.74) is 5.55. The van der Waals surface area contributed by atoms with Crippen LogP contribution < -0.4 is 24.4 Å². The first-order valence-electron chi connectivity index (χ1n) is 11.1. The molecule has 2 aromatic heterocycles. The Balaban J connectivity index is 1.59. The summed E-state index contributed by atoms with van der Waals surface area (Å²) in [5, 5.41) is 2.07. The van der Waals surface area contributed by atoms with Gasteiger partial charge in [0.25, 0.3) is 5.56 Å². The molecule has 1 aliphatic carbocycles. The highest BCUT2D eigenvalue weighted by atomic mass is 32.1. The standard InChI is InChI=1S/C27H22N2O3S2/c1-31-18-11-9-17(21(15-18)32-2)14-23-26(30)29-25(22-8-5-13-33-22)20-12-10-16-6-3-4-7-19(16)24(20)28-27(29)34-23/h3-9,11,13-15,25H,10,12H2,1-2H3/b23-14-/t25-/m1/s1. The van der Waals surface area contributed by atoms with Gasteiger partial charge in [-0.05, 0) is 53.6 Å². The second-order valence-corrected chi connectivity index (χ2v) is 10.2. The first-order valence-corrected chi connectivity index (χ1v) is 12.8. The normalized spacial score (nSPS) is 17.0. The molecule has 0 unspecified atom stereocenters. The number of methoxy groups -OCH3 is 2. The van der Waals surface area contributed by atoms with Gasteiger partial charge in [0.15, 0.2) is 4.80 Å². The summed E-state index contributed by atoms with van der Waals surface area (Å²) in [6.07, 6.45) is 3.75. The lowest BCUT2D eigenvalue weighted by molar-refractivity contribution is 0.393. The SMILES string of the molecule is COc1ccc(/C=c2\sc3n(c2=O)[C@@H](c2cccs2)C2=C(N=3)c3ccccc3CC2)c(OC)c1. The molecule has 0 radical (unpaired) electrons. The van der Waals surface area contributed by atoms with Gasteiger partial charge < -0.3 is 9.47 Å². The molecule has 3 heterocycles. The minimum atomic E-state index is -0.125. The Morgan fingerprint density at radius 1 is 1.06 bits per heavy atom. The summed E-state index contributed by atoms with van der Waals surface area (Å²) in [6.45, 7) is 0. The number of ether oxygens (including phenoxy) is 2. The van der Waals surface area contributed by atoms with E-state index in [4.69, 9.17) is 14.5 Å². The van der Waals surface area contributed by atoms with Gasteiger partial charge in [-0.25, -0.2) is 4.99 Å². The van der Waals surface area contributed by atoms with Crippen molar-refractivity contribution in [2.24, 2.45) is 4.99 Å². The van der Waals surface area contributed by atoms with Crippen molar-refractivity contribution in [1.29, 1.82) is 0 Å². The maximum absolute atomic E-state index is 13.8. The molecule has 0 amide bonds. The van der Waals surface area contributed by atoms with Gasteiger partial charge in [0, 0.05) is 22.1 Å². The van der Waals surface area contributed by atoms with Crippen LogP contribution in [-0.4, -0.2) is 18.8 Å². The fourth-order valence-corrected chi connectivity index (χ4v) is 6.64. The lowest BCUT2D eigenvalue weighted by Gasteiger charge is -2.30. The van der Waals surface area contributed by atoms with Crippen molar-refractivity contribution in [3.8, 4) is 11.5 Å². The number of thiophene rings is 1. The van der Waals surface area contributed by atoms with Crippen molar-refractivity contribution in [1.82, 2.24) is 4.57 Å². The van der Waals surface area contributed by atoms with Crippen LogP contribution in [0.15, 0.2) is 75.3 Å². The zero-order valence-electron chi connectivity index (χ0n) is 18.8. The van der Waals surface area contributed by atoms with Crippen LogP contribution in [0.25, 0.3) is 11.8 Å². The minimum absolute atomic E-state index is 0.0228. The number of nitrogens with zero attached hydrogens (tertiary/aromatic N) is 2. The van der Waals surface area contributed by atoms with Gasteiger partial charge in [-0.15, -0.1) is 11.3 Å². The smallest absolute Gasteiger partial charge is 0.271 e. The predicted molar refractivity (Wildman–Crippen MR) is 137 cm³/mol. The Morgan fingerprint density at radius 2 is 1.94 bits per heavy atom. The molecule has 1 aliphatic heterocycles. The summed E-state index contributed by atoms with van der Waals surface area (Å²) in [5.74, 6) is 1.37. The highest BCUT2D eigenvalue weighted by Gasteiger charge is 2.33. The first kappa shape index (κ1) is 21.1. The van der Waals surface area contributed by atoms with E-state index < -0.39 is 0 Å². The van der Waals surface area contributed by atoms with Gasteiger partial charge in [-0.3, -0.25) is 9.36 Å². The Hall–Kier alpha value is -3.42. The monoisotopic (exact) mass is 486 g/mol. The van der Waals surface area contributed by atoms with Crippen molar-refractivity contribution >= 4 is 34.4 Å². The van der Waals surface area contributed by atoms with E-state index in [1.165, 1.54) is 28.0 Å². The Bertz CT molecular complexity index is 1610. The zero-order valence-corrected chi connectivity index (χ0v) is 20.4. The van der Waals surface area contributed by atoms with E-state index in [2.05, 4.69) is 41.8 Å². The lowest BCUT2D eigenvalue weighted by Crippen LogP contribution is -2.38. The van der Waals surface area contributed by atoms with Crippen LogP contribution in [0.4, 0.5) is 0 Å². The number of benzene rings is 2. The Labute approximate surface area is 204 Å². The highest BCUT2D eigenvalue weighted by molar-refractivity contribution is 7.10. The number of fused-ring (bicyclic) bond motifs is 3. The van der Waals surface area contributed by atoms with Crippen LogP contribution in [0.2, 0.25) is 0 Å². The molecule has 0 spiro atoms. The molecule has 6 rings (SSSR count). The van der Waals surface area contributed by atoms with Crippen molar-refractivity contribution in [2.75, 3.05) is 14.2 Å². The number of aromatic nitrogens is 1. The summed E-state index contributed by atoms with van der Waals surface area (Å²) in [4.78, 5) is 20.7. The van der Waals surface area contributed by atoms with E-state index in [1.807, 2.05) is 28.8 Å². The first-order chi connectivity index (χ1) is 16.7. The summed E-state index contributed by atoms with van der Waals surface area (Å²) in [6, 6.07) is 18.1. The molecule has 7 heteroatoms. The number of aryl methyl sites for hydroxylation is 1. The van der Waals surface area contributed by atoms with Gasteiger partial charge >= 0.3 is 0 Å². The van der Waals surface area contributed by atoms with Gasteiger partial charge in [0.1, 0.15) is 11.5 Å². The van der Waals surface area contributed by atoms with E-state index >= 15 is 0 Å². The van der Waals surface area contributed by atoms with Gasteiger partial charge in [0.05, 0.1) is 30.5 Å². The zero-order chi connectivity index (χ0) is 23.2. The summed E-state index contributed by atoms with van der Waals surface area (Å²) in [7, 11) is 3.24. The molecule has 0 saturated heterocycles. The van der Waals surface area contributed by atoms with Crippen molar-refractivity contribution in [2.45, 2.75) is 18.9 Å². The highest BCUT2D eigenvalue weighted by Crippen LogP contribution is 2.42. The molecule has 5 nitrogen and oxygen atoms in total. The number of thiazole rings is 1. The molecule has 2 aromatic carbocycles. The summed E-state index contributed by atoms with van der Waals surface area (Å²) < 4.78 is 13.4. The van der Waals surface area contributed by atoms with Crippen LogP contribution >= 0.6 is 22.7 Å². The molecule has 0 N–H and O–H groups in total. The van der Waals surface area contributed by atoms with Gasteiger partial charge in [-0.1, -0.05) is 41.7 Å². The number of hydrogen-bond donors (Lipinski definition) is 0. The fraction of sp³-hybridized carbons (Fsp3) is 0.185. The second-order valence-electron chi connectivity index (χ2n) is 8.24. The summed E-state index contributed by atoms with van der Waals surface area (Å²) >= 11 is 3.12.